The molecule has 0 bridgehead atoms. The van der Waals surface area contributed by atoms with E-state index in [0.717, 1.165) is 43.5 Å². The van der Waals surface area contributed by atoms with Crippen molar-refractivity contribution in [1.29, 1.82) is 0 Å². The summed E-state index contributed by atoms with van der Waals surface area (Å²) in [7, 11) is 1.70. The van der Waals surface area contributed by atoms with E-state index in [1.807, 2.05) is 18.2 Å². The molecule has 1 heterocycles. The zero-order valence-corrected chi connectivity index (χ0v) is 14.8. The number of rotatable bonds is 4. The molecule has 3 nitrogen and oxygen atoms in total. The van der Waals surface area contributed by atoms with Gasteiger partial charge >= 0.3 is 0 Å². The molecule has 130 valence electrons. The maximum absolute atomic E-state index is 13.1. The van der Waals surface area contributed by atoms with Crippen LogP contribution in [0.4, 0.5) is 0 Å². The first-order valence-electron chi connectivity index (χ1n) is 9.28. The van der Waals surface area contributed by atoms with E-state index in [1.165, 1.54) is 17.5 Å². The number of ether oxygens (including phenoxy) is 1. The number of methoxy groups -OCH3 is 1. The fourth-order valence-corrected chi connectivity index (χ4v) is 4.45. The van der Waals surface area contributed by atoms with Gasteiger partial charge in [-0.05, 0) is 54.9 Å². The number of hydrogen-bond donors (Lipinski definition) is 0. The van der Waals surface area contributed by atoms with Crippen molar-refractivity contribution in [2.45, 2.75) is 38.1 Å². The van der Waals surface area contributed by atoms with Crippen LogP contribution in [0.1, 0.15) is 42.0 Å². The molecule has 0 saturated carbocycles. The highest BCUT2D eigenvalue weighted by molar-refractivity contribution is 5.82. The van der Waals surface area contributed by atoms with Crippen LogP contribution in [0.25, 0.3) is 0 Å². The van der Waals surface area contributed by atoms with Gasteiger partial charge in [0.25, 0.3) is 0 Å². The second-order valence-corrected chi connectivity index (χ2v) is 7.14. The van der Waals surface area contributed by atoms with Crippen LogP contribution in [-0.2, 0) is 17.6 Å². The number of fused-ring (bicyclic) bond motifs is 1. The van der Waals surface area contributed by atoms with Crippen molar-refractivity contribution in [2.75, 3.05) is 13.7 Å². The fraction of sp³-hybridized carbons (Fsp3) is 0.409. The zero-order chi connectivity index (χ0) is 17.2. The monoisotopic (exact) mass is 335 g/mol. The summed E-state index contributed by atoms with van der Waals surface area (Å²) in [6.07, 6.45) is 5.11. The molecule has 1 amide bonds. The Kier molecular flexibility index (Phi) is 4.48. The lowest BCUT2D eigenvalue weighted by molar-refractivity contribution is -0.133. The molecule has 2 aliphatic rings. The van der Waals surface area contributed by atoms with E-state index in [2.05, 4.69) is 35.2 Å². The van der Waals surface area contributed by atoms with E-state index in [0.29, 0.717) is 5.91 Å². The first-order valence-corrected chi connectivity index (χ1v) is 9.28. The van der Waals surface area contributed by atoms with Crippen molar-refractivity contribution >= 4 is 5.91 Å². The van der Waals surface area contributed by atoms with E-state index in [1.54, 1.807) is 7.11 Å². The minimum atomic E-state index is 0.0744. The lowest BCUT2D eigenvalue weighted by Crippen LogP contribution is -2.34. The van der Waals surface area contributed by atoms with Crippen LogP contribution in [0.5, 0.6) is 5.75 Å². The van der Waals surface area contributed by atoms with E-state index in [4.69, 9.17) is 4.74 Å². The third-order valence-corrected chi connectivity index (χ3v) is 5.72. The van der Waals surface area contributed by atoms with Gasteiger partial charge in [0, 0.05) is 12.5 Å². The second kappa shape index (κ2) is 6.91. The summed E-state index contributed by atoms with van der Waals surface area (Å²) in [6, 6.07) is 16.9. The first-order chi connectivity index (χ1) is 12.3. The molecule has 0 N–H and O–H groups in total. The molecule has 1 saturated heterocycles. The normalized spacial score (nSPS) is 22.8. The molecule has 0 spiro atoms. The van der Waals surface area contributed by atoms with Crippen molar-refractivity contribution in [3.8, 4) is 5.75 Å². The third-order valence-electron chi connectivity index (χ3n) is 5.72. The Hall–Kier alpha value is -2.29. The molecule has 1 unspecified atom stereocenters. The van der Waals surface area contributed by atoms with Gasteiger partial charge in [-0.1, -0.05) is 42.5 Å². The van der Waals surface area contributed by atoms with Gasteiger partial charge in [0.2, 0.25) is 5.91 Å². The van der Waals surface area contributed by atoms with Crippen molar-refractivity contribution < 1.29 is 9.53 Å². The highest BCUT2D eigenvalue weighted by Gasteiger charge is 2.38. The number of aryl methyl sites for hydroxylation is 1. The van der Waals surface area contributed by atoms with E-state index in [9.17, 15) is 4.79 Å². The molecule has 0 aromatic heterocycles. The van der Waals surface area contributed by atoms with Crippen molar-refractivity contribution in [3.63, 3.8) is 0 Å². The Balaban J connectivity index is 1.53. The zero-order valence-electron chi connectivity index (χ0n) is 14.8. The summed E-state index contributed by atoms with van der Waals surface area (Å²) in [4.78, 5) is 15.2. The third kappa shape index (κ3) is 3.04. The molecule has 1 aliphatic heterocycles. The Bertz CT molecular complexity index is 770. The van der Waals surface area contributed by atoms with Crippen LogP contribution < -0.4 is 4.74 Å². The SMILES string of the molecule is COc1ccccc1CC1CCN([C@@H]2CCCc3ccccc32)C1=O. The molecule has 1 fully saturated rings. The molecule has 2 aromatic rings. The topological polar surface area (TPSA) is 29.5 Å². The van der Waals surface area contributed by atoms with Gasteiger partial charge in [0.15, 0.2) is 0 Å². The number of nitrogens with zero attached hydrogens (tertiary/aromatic N) is 1. The van der Waals surface area contributed by atoms with Gasteiger partial charge in [-0.3, -0.25) is 4.79 Å². The second-order valence-electron chi connectivity index (χ2n) is 7.14. The van der Waals surface area contributed by atoms with Gasteiger partial charge < -0.3 is 9.64 Å². The first kappa shape index (κ1) is 16.2. The highest BCUT2D eigenvalue weighted by atomic mass is 16.5. The van der Waals surface area contributed by atoms with Crippen LogP contribution >= 0.6 is 0 Å². The number of hydrogen-bond acceptors (Lipinski definition) is 2. The minimum Gasteiger partial charge on any atom is -0.496 e. The van der Waals surface area contributed by atoms with Gasteiger partial charge in [0.05, 0.1) is 13.2 Å². The molecular formula is C22H25NO2. The average Bonchev–Trinajstić information content (AvgIpc) is 3.02. The predicted octanol–water partition coefficient (Wildman–Crippen LogP) is 4.16. The molecule has 25 heavy (non-hydrogen) atoms. The summed E-state index contributed by atoms with van der Waals surface area (Å²) in [5, 5.41) is 0. The number of para-hydroxylation sites is 1. The van der Waals surface area contributed by atoms with Gasteiger partial charge in [0.1, 0.15) is 5.75 Å². The van der Waals surface area contributed by atoms with Gasteiger partial charge in [-0.25, -0.2) is 0 Å². The van der Waals surface area contributed by atoms with Crippen LogP contribution in [-0.4, -0.2) is 24.5 Å². The minimum absolute atomic E-state index is 0.0744. The van der Waals surface area contributed by atoms with Gasteiger partial charge in [-0.15, -0.1) is 0 Å². The average molecular weight is 335 g/mol. The Morgan fingerprint density at radius 3 is 2.76 bits per heavy atom. The molecule has 4 rings (SSSR count). The summed E-state index contributed by atoms with van der Waals surface area (Å²) in [5.74, 6) is 1.27. The van der Waals surface area contributed by atoms with Gasteiger partial charge in [-0.2, -0.15) is 0 Å². The van der Waals surface area contributed by atoms with Crippen LogP contribution in [0.3, 0.4) is 0 Å². The van der Waals surface area contributed by atoms with Crippen LogP contribution in [0.2, 0.25) is 0 Å². The predicted molar refractivity (Wildman–Crippen MR) is 98.6 cm³/mol. The lowest BCUT2D eigenvalue weighted by Gasteiger charge is -2.33. The quantitative estimate of drug-likeness (QED) is 0.839. The van der Waals surface area contributed by atoms with E-state index in [-0.39, 0.29) is 12.0 Å². The fourth-order valence-electron chi connectivity index (χ4n) is 4.45. The van der Waals surface area contributed by atoms with Crippen molar-refractivity contribution in [3.05, 3.63) is 65.2 Å². The number of carbonyl (C=O) groups excluding carboxylic acids is 1. The Morgan fingerprint density at radius 2 is 1.88 bits per heavy atom. The molecule has 2 atom stereocenters. The number of benzene rings is 2. The Morgan fingerprint density at radius 1 is 1.08 bits per heavy atom. The van der Waals surface area contributed by atoms with Crippen molar-refractivity contribution in [2.24, 2.45) is 5.92 Å². The summed E-state index contributed by atoms with van der Waals surface area (Å²) >= 11 is 0. The summed E-state index contributed by atoms with van der Waals surface area (Å²) in [5.41, 5.74) is 3.91. The maximum Gasteiger partial charge on any atom is 0.226 e. The lowest BCUT2D eigenvalue weighted by atomic mass is 9.87. The van der Waals surface area contributed by atoms with Crippen LogP contribution in [0.15, 0.2) is 48.5 Å². The molecule has 3 heteroatoms. The molecule has 1 aliphatic carbocycles. The smallest absolute Gasteiger partial charge is 0.226 e. The summed E-state index contributed by atoms with van der Waals surface area (Å²) < 4.78 is 5.46. The summed E-state index contributed by atoms with van der Waals surface area (Å²) in [6.45, 7) is 0.873. The number of amides is 1. The molecule has 2 aromatic carbocycles. The van der Waals surface area contributed by atoms with Crippen molar-refractivity contribution in [1.82, 2.24) is 4.90 Å². The molecular weight excluding hydrogens is 310 g/mol. The van der Waals surface area contributed by atoms with E-state index < -0.39 is 0 Å². The van der Waals surface area contributed by atoms with E-state index >= 15 is 0 Å². The highest BCUT2D eigenvalue weighted by Crippen LogP contribution is 2.38. The van der Waals surface area contributed by atoms with Crippen LogP contribution in [0, 0.1) is 5.92 Å². The maximum atomic E-state index is 13.1. The largest absolute Gasteiger partial charge is 0.496 e. The number of carbonyl (C=O) groups is 1. The molecule has 0 radical (unpaired) electrons. The standard InChI is InChI=1S/C22H25NO2/c1-25-21-12-5-3-8-17(21)15-18-13-14-23(22(18)24)20-11-6-9-16-7-2-4-10-19(16)20/h2-5,7-8,10,12,18,20H,6,9,11,13-15H2,1H3/t18?,20-/m1/s1. The number of likely N-dealkylation sites (tertiary alicyclic amines) is 1. The Labute approximate surface area is 149 Å².